The van der Waals surface area contributed by atoms with Gasteiger partial charge in [0, 0.05) is 5.25 Å². The van der Waals surface area contributed by atoms with Crippen LogP contribution in [-0.2, 0) is 0 Å². The van der Waals surface area contributed by atoms with Crippen LogP contribution in [0.25, 0.3) is 0 Å². The molecule has 1 saturated heterocycles. The molecular weight excluding hydrogens is 194 g/mol. The topological polar surface area (TPSA) is 25.5 Å². The lowest BCUT2D eigenvalue weighted by Gasteiger charge is -2.15. The third-order valence-electron chi connectivity index (χ3n) is 2.57. The van der Waals surface area contributed by atoms with Gasteiger partial charge in [-0.05, 0) is 44.4 Å². The Balaban J connectivity index is 2.16. The van der Waals surface area contributed by atoms with Crippen molar-refractivity contribution in [1.29, 1.82) is 0 Å². The van der Waals surface area contributed by atoms with Gasteiger partial charge >= 0.3 is 0 Å². The molecule has 0 N–H and O–H groups in total. The quantitative estimate of drug-likeness (QED) is 0.714. The highest BCUT2D eigenvalue weighted by molar-refractivity contribution is 8.00. The Labute approximate surface area is 88.8 Å². The van der Waals surface area contributed by atoms with E-state index >= 15 is 0 Å². The molecule has 0 amide bonds. The molecule has 0 bridgehead atoms. The molecule has 1 aliphatic rings. The van der Waals surface area contributed by atoms with E-state index in [0.29, 0.717) is 5.25 Å². The van der Waals surface area contributed by atoms with Crippen LogP contribution in [0, 0.1) is 6.92 Å². The molecule has 1 aromatic rings. The molecule has 0 saturated carbocycles. The first kappa shape index (κ1) is 9.84. The first-order valence-corrected chi connectivity index (χ1v) is 6.00. The Morgan fingerprint density at radius 1 is 1.64 bits per heavy atom. The zero-order valence-corrected chi connectivity index (χ0v) is 9.22. The number of aliphatic imine (C=N–C) groups is 1. The summed E-state index contributed by atoms with van der Waals surface area (Å²) in [5.74, 6) is 3.17. The maximum absolute atomic E-state index is 5.60. The largest absolute Gasteiger partial charge is 0.464 e. The minimum atomic E-state index is 0.149. The fourth-order valence-corrected chi connectivity index (χ4v) is 3.23. The molecule has 0 aliphatic carbocycles. The van der Waals surface area contributed by atoms with Gasteiger partial charge in [0.2, 0.25) is 0 Å². The van der Waals surface area contributed by atoms with E-state index in [2.05, 4.69) is 11.7 Å². The predicted molar refractivity (Wildman–Crippen MR) is 61.2 cm³/mol. The number of aryl methyl sites for hydroxylation is 1. The van der Waals surface area contributed by atoms with Crippen molar-refractivity contribution < 1.29 is 4.42 Å². The number of rotatable bonds is 3. The van der Waals surface area contributed by atoms with Crippen LogP contribution in [0.3, 0.4) is 0 Å². The lowest BCUT2D eigenvalue weighted by molar-refractivity contribution is 0.439. The van der Waals surface area contributed by atoms with E-state index in [4.69, 9.17) is 4.42 Å². The maximum Gasteiger partial charge on any atom is 0.129 e. The molecule has 2 heterocycles. The van der Waals surface area contributed by atoms with E-state index in [1.807, 2.05) is 30.8 Å². The molecule has 2 atom stereocenters. The molecule has 0 aromatic carbocycles. The molecule has 1 aromatic heterocycles. The van der Waals surface area contributed by atoms with Crippen molar-refractivity contribution in [3.05, 3.63) is 23.7 Å². The highest BCUT2D eigenvalue weighted by Gasteiger charge is 2.27. The summed E-state index contributed by atoms with van der Waals surface area (Å²) in [6.07, 6.45) is 2.52. The Hall–Kier alpha value is -0.700. The Bertz CT molecular complexity index is 315. The van der Waals surface area contributed by atoms with Crippen LogP contribution < -0.4 is 0 Å². The van der Waals surface area contributed by atoms with Crippen molar-refractivity contribution in [2.45, 2.75) is 31.1 Å². The standard InChI is InChI=1S/C11H15NOS/c1-8-5-6-9(13-8)11(12-2)10-4-3-7-14-10/h5-6,10-11H,2-4,7H2,1H3. The van der Waals surface area contributed by atoms with Crippen LogP contribution in [-0.4, -0.2) is 17.7 Å². The molecule has 14 heavy (non-hydrogen) atoms. The van der Waals surface area contributed by atoms with Gasteiger partial charge in [0.15, 0.2) is 0 Å². The van der Waals surface area contributed by atoms with Gasteiger partial charge < -0.3 is 4.42 Å². The van der Waals surface area contributed by atoms with Gasteiger partial charge in [-0.1, -0.05) is 0 Å². The van der Waals surface area contributed by atoms with Crippen molar-refractivity contribution in [3.63, 3.8) is 0 Å². The van der Waals surface area contributed by atoms with Crippen molar-refractivity contribution in [2.75, 3.05) is 5.75 Å². The summed E-state index contributed by atoms with van der Waals surface area (Å²) in [5, 5.41) is 0.568. The van der Waals surface area contributed by atoms with Gasteiger partial charge in [0.25, 0.3) is 0 Å². The van der Waals surface area contributed by atoms with E-state index in [-0.39, 0.29) is 6.04 Å². The van der Waals surface area contributed by atoms with Crippen molar-refractivity contribution in [1.82, 2.24) is 0 Å². The maximum atomic E-state index is 5.60. The lowest BCUT2D eigenvalue weighted by atomic mass is 10.1. The van der Waals surface area contributed by atoms with E-state index in [9.17, 15) is 0 Å². The summed E-state index contributed by atoms with van der Waals surface area (Å²) in [5.41, 5.74) is 0. The van der Waals surface area contributed by atoms with Crippen LogP contribution in [0.2, 0.25) is 0 Å². The zero-order chi connectivity index (χ0) is 9.97. The molecule has 2 nitrogen and oxygen atoms in total. The molecule has 2 rings (SSSR count). The van der Waals surface area contributed by atoms with Gasteiger partial charge in [-0.25, -0.2) is 0 Å². The van der Waals surface area contributed by atoms with Gasteiger partial charge in [0.1, 0.15) is 17.6 Å². The van der Waals surface area contributed by atoms with E-state index in [1.165, 1.54) is 18.6 Å². The molecule has 1 fully saturated rings. The highest BCUT2D eigenvalue weighted by Crippen LogP contribution is 2.38. The average molecular weight is 209 g/mol. The van der Waals surface area contributed by atoms with Crippen molar-refractivity contribution in [2.24, 2.45) is 4.99 Å². The number of nitrogens with zero attached hydrogens (tertiary/aromatic N) is 1. The molecule has 3 heteroatoms. The summed E-state index contributed by atoms with van der Waals surface area (Å²) < 4.78 is 5.60. The van der Waals surface area contributed by atoms with Crippen LogP contribution in [0.1, 0.15) is 30.4 Å². The summed E-state index contributed by atoms with van der Waals surface area (Å²) in [6, 6.07) is 4.16. The summed E-state index contributed by atoms with van der Waals surface area (Å²) >= 11 is 1.99. The Morgan fingerprint density at radius 3 is 3.00 bits per heavy atom. The minimum Gasteiger partial charge on any atom is -0.464 e. The normalized spacial score (nSPS) is 23.6. The molecule has 0 spiro atoms. The number of furan rings is 1. The van der Waals surface area contributed by atoms with Gasteiger partial charge in [-0.3, -0.25) is 4.99 Å². The van der Waals surface area contributed by atoms with Gasteiger partial charge in [-0.15, -0.1) is 0 Å². The molecule has 2 unspecified atom stereocenters. The van der Waals surface area contributed by atoms with E-state index < -0.39 is 0 Å². The second-order valence-corrected chi connectivity index (χ2v) is 4.97. The van der Waals surface area contributed by atoms with Gasteiger partial charge in [0.05, 0.1) is 0 Å². The second-order valence-electron chi connectivity index (χ2n) is 3.63. The smallest absolute Gasteiger partial charge is 0.129 e. The predicted octanol–water partition coefficient (Wildman–Crippen LogP) is 3.23. The third-order valence-corrected chi connectivity index (χ3v) is 4.01. The fourth-order valence-electron chi connectivity index (χ4n) is 1.85. The van der Waals surface area contributed by atoms with Crippen LogP contribution in [0.4, 0.5) is 0 Å². The second kappa shape index (κ2) is 4.22. The number of hydrogen-bond donors (Lipinski definition) is 0. The molecular formula is C11H15NOS. The summed E-state index contributed by atoms with van der Waals surface area (Å²) in [4.78, 5) is 4.19. The lowest BCUT2D eigenvalue weighted by Crippen LogP contribution is -2.09. The van der Waals surface area contributed by atoms with Crippen LogP contribution >= 0.6 is 11.8 Å². The van der Waals surface area contributed by atoms with E-state index in [0.717, 1.165) is 11.5 Å². The average Bonchev–Trinajstić information content (AvgIpc) is 2.79. The first-order chi connectivity index (χ1) is 6.81. The van der Waals surface area contributed by atoms with E-state index in [1.54, 1.807) is 0 Å². The summed E-state index contributed by atoms with van der Waals surface area (Å²) in [6.45, 7) is 5.63. The van der Waals surface area contributed by atoms with Crippen LogP contribution in [0.15, 0.2) is 21.5 Å². The van der Waals surface area contributed by atoms with Crippen molar-refractivity contribution >= 4 is 18.5 Å². The third kappa shape index (κ3) is 1.87. The number of thioether (sulfide) groups is 1. The molecule has 76 valence electrons. The monoisotopic (exact) mass is 209 g/mol. The van der Waals surface area contributed by atoms with Crippen molar-refractivity contribution in [3.8, 4) is 0 Å². The molecule has 0 radical (unpaired) electrons. The minimum absolute atomic E-state index is 0.149. The Morgan fingerprint density at radius 2 is 2.50 bits per heavy atom. The Kier molecular flexibility index (Phi) is 2.96. The fraction of sp³-hybridized carbons (Fsp3) is 0.545. The van der Waals surface area contributed by atoms with Crippen LogP contribution in [0.5, 0.6) is 0 Å². The molecule has 1 aliphatic heterocycles. The zero-order valence-electron chi connectivity index (χ0n) is 8.40. The van der Waals surface area contributed by atoms with Gasteiger partial charge in [-0.2, -0.15) is 11.8 Å². The first-order valence-electron chi connectivity index (χ1n) is 4.95. The SMILES string of the molecule is C=NC(c1ccc(C)o1)C1CCCS1. The summed E-state index contributed by atoms with van der Waals surface area (Å²) in [7, 11) is 0. The highest BCUT2D eigenvalue weighted by atomic mass is 32.2. The number of hydrogen-bond acceptors (Lipinski definition) is 3.